The Kier molecular flexibility index (Phi) is 4.88. The molecule has 0 fully saturated rings. The molecule has 0 aliphatic rings. The fraction of sp³-hybridized carbons (Fsp3) is 0.444. The van der Waals surface area contributed by atoms with E-state index in [1.165, 1.54) is 0 Å². The first kappa shape index (κ1) is 15.9. The Morgan fingerprint density at radius 2 is 2.04 bits per heavy atom. The third-order valence-corrected chi connectivity index (χ3v) is 3.75. The van der Waals surface area contributed by atoms with Crippen molar-refractivity contribution in [3.8, 4) is 0 Å². The Labute approximate surface area is 136 Å². The number of benzene rings is 1. The van der Waals surface area contributed by atoms with Crippen molar-refractivity contribution in [1.29, 1.82) is 0 Å². The fourth-order valence-corrected chi connectivity index (χ4v) is 2.60. The van der Waals surface area contributed by atoms with Gasteiger partial charge in [0.1, 0.15) is 16.9 Å². The number of aromatic nitrogens is 2. The molecule has 122 valence electrons. The van der Waals surface area contributed by atoms with Crippen LogP contribution in [0.5, 0.6) is 0 Å². The summed E-state index contributed by atoms with van der Waals surface area (Å²) in [5, 5.41) is 3.19. The van der Waals surface area contributed by atoms with Gasteiger partial charge in [-0.05, 0) is 26.0 Å². The fourth-order valence-electron chi connectivity index (χ4n) is 2.60. The average Bonchev–Trinajstić information content (AvgIpc) is 2.93. The van der Waals surface area contributed by atoms with Gasteiger partial charge in [-0.3, -0.25) is 5.32 Å². The molecule has 0 bridgehead atoms. The summed E-state index contributed by atoms with van der Waals surface area (Å²) in [4.78, 5) is 9.31. The first-order valence-corrected chi connectivity index (χ1v) is 8.32. The number of fused-ring (bicyclic) bond motifs is 3. The molecule has 5 heteroatoms. The van der Waals surface area contributed by atoms with Gasteiger partial charge in [0.05, 0.1) is 19.3 Å². The zero-order valence-corrected chi connectivity index (χ0v) is 14.0. The van der Waals surface area contributed by atoms with Crippen LogP contribution < -0.4 is 5.32 Å². The quantitative estimate of drug-likeness (QED) is 0.681. The minimum atomic E-state index is 0.280. The first-order chi connectivity index (χ1) is 11.2. The summed E-state index contributed by atoms with van der Waals surface area (Å²) in [7, 11) is 0. The van der Waals surface area contributed by atoms with E-state index in [9.17, 15) is 0 Å². The second-order valence-corrected chi connectivity index (χ2v) is 5.92. The van der Waals surface area contributed by atoms with Crippen molar-refractivity contribution in [1.82, 2.24) is 9.97 Å². The molecule has 3 aromatic rings. The molecule has 0 aliphatic carbocycles. The average molecular weight is 314 g/mol. The molecule has 0 spiro atoms. The number of hydrogen-bond acceptors (Lipinski definition) is 4. The topological polar surface area (TPSA) is 64.8 Å². The van der Waals surface area contributed by atoms with Crippen LogP contribution in [0.2, 0.25) is 0 Å². The summed E-state index contributed by atoms with van der Waals surface area (Å²) in [5.74, 6) is 1.75. The third kappa shape index (κ3) is 3.51. The van der Waals surface area contributed by atoms with Gasteiger partial charge in [0.2, 0.25) is 5.58 Å². The Bertz CT molecular complexity index is 795. The minimum absolute atomic E-state index is 0.280. The van der Waals surface area contributed by atoms with Crippen molar-refractivity contribution in [2.75, 3.05) is 13.2 Å². The molecule has 0 atom stereocenters. The van der Waals surface area contributed by atoms with Crippen LogP contribution in [0.4, 0.5) is 5.82 Å². The lowest BCUT2D eigenvalue weighted by Crippen LogP contribution is -2.78. The zero-order valence-electron chi connectivity index (χ0n) is 14.0. The van der Waals surface area contributed by atoms with Gasteiger partial charge in [-0.2, -0.15) is 4.98 Å². The lowest BCUT2D eigenvalue weighted by molar-refractivity contribution is -0.574. The van der Waals surface area contributed by atoms with E-state index in [0.29, 0.717) is 0 Å². The summed E-state index contributed by atoms with van der Waals surface area (Å²) < 4.78 is 11.6. The van der Waals surface area contributed by atoms with Crippen molar-refractivity contribution in [3.63, 3.8) is 0 Å². The van der Waals surface area contributed by atoms with E-state index in [1.54, 1.807) is 0 Å². The Balaban J connectivity index is 1.86. The molecule has 3 rings (SSSR count). The molecule has 0 amide bonds. The Morgan fingerprint density at radius 1 is 1.22 bits per heavy atom. The van der Waals surface area contributed by atoms with Crippen LogP contribution in [0.3, 0.4) is 0 Å². The predicted octanol–water partition coefficient (Wildman–Crippen LogP) is 2.95. The monoisotopic (exact) mass is 314 g/mol. The maximum Gasteiger partial charge on any atom is 0.272 e. The lowest BCUT2D eigenvalue weighted by Gasteiger charge is -2.06. The van der Waals surface area contributed by atoms with Crippen LogP contribution in [0.15, 0.2) is 28.7 Å². The van der Waals surface area contributed by atoms with Crippen LogP contribution in [-0.4, -0.2) is 29.2 Å². The van der Waals surface area contributed by atoms with Crippen LogP contribution in [-0.2, 0) is 11.2 Å². The maximum atomic E-state index is 5.99. The van der Waals surface area contributed by atoms with E-state index in [0.717, 1.165) is 59.7 Å². The SMILES string of the molecule is CCc1nc([NH2+]CCCOC(C)C)c2oc3ccccc3c2n1. The maximum absolute atomic E-state index is 5.99. The van der Waals surface area contributed by atoms with E-state index in [2.05, 4.69) is 36.1 Å². The van der Waals surface area contributed by atoms with E-state index >= 15 is 0 Å². The number of furan rings is 1. The lowest BCUT2D eigenvalue weighted by atomic mass is 10.2. The highest BCUT2D eigenvalue weighted by Gasteiger charge is 2.17. The van der Waals surface area contributed by atoms with Gasteiger partial charge in [-0.25, -0.2) is 4.98 Å². The number of quaternary nitrogens is 1. The van der Waals surface area contributed by atoms with E-state index < -0.39 is 0 Å². The first-order valence-electron chi connectivity index (χ1n) is 8.32. The summed E-state index contributed by atoms with van der Waals surface area (Å²) in [6, 6.07) is 8.01. The number of para-hydroxylation sites is 1. The van der Waals surface area contributed by atoms with Crippen molar-refractivity contribution in [2.24, 2.45) is 0 Å². The molecule has 23 heavy (non-hydrogen) atoms. The summed E-state index contributed by atoms with van der Waals surface area (Å²) in [5.41, 5.74) is 2.56. The molecule has 2 aromatic heterocycles. The molecule has 1 aromatic carbocycles. The second kappa shape index (κ2) is 7.06. The smallest absolute Gasteiger partial charge is 0.272 e. The number of rotatable bonds is 7. The molecule has 2 N–H and O–H groups in total. The molecule has 0 saturated carbocycles. The summed E-state index contributed by atoms with van der Waals surface area (Å²) in [6.07, 6.45) is 2.07. The molecular weight excluding hydrogens is 290 g/mol. The van der Waals surface area contributed by atoms with Gasteiger partial charge in [0.15, 0.2) is 0 Å². The highest BCUT2D eigenvalue weighted by molar-refractivity contribution is 6.04. The van der Waals surface area contributed by atoms with Gasteiger partial charge in [0, 0.05) is 18.2 Å². The third-order valence-electron chi connectivity index (χ3n) is 3.75. The highest BCUT2D eigenvalue weighted by atomic mass is 16.5. The number of hydrogen-bond donors (Lipinski definition) is 1. The van der Waals surface area contributed by atoms with Crippen LogP contribution in [0.25, 0.3) is 22.1 Å². The molecular formula is C18H24N3O2+. The number of ether oxygens (including phenoxy) is 1. The molecule has 5 nitrogen and oxygen atoms in total. The number of nitrogens with two attached hydrogens (primary N) is 1. The molecule has 0 aliphatic heterocycles. The van der Waals surface area contributed by atoms with E-state index in [-0.39, 0.29) is 6.10 Å². The second-order valence-electron chi connectivity index (χ2n) is 5.92. The van der Waals surface area contributed by atoms with E-state index in [4.69, 9.17) is 9.15 Å². The Hall–Kier alpha value is -1.98. The van der Waals surface area contributed by atoms with Gasteiger partial charge in [-0.1, -0.05) is 19.1 Å². The van der Waals surface area contributed by atoms with Crippen molar-refractivity contribution < 1.29 is 14.5 Å². The van der Waals surface area contributed by atoms with Crippen LogP contribution in [0, 0.1) is 0 Å². The predicted molar refractivity (Wildman–Crippen MR) is 90.8 cm³/mol. The van der Waals surface area contributed by atoms with Gasteiger partial charge in [0.25, 0.3) is 5.82 Å². The van der Waals surface area contributed by atoms with Gasteiger partial charge in [-0.15, -0.1) is 0 Å². The molecule has 0 unspecified atom stereocenters. The van der Waals surface area contributed by atoms with Gasteiger partial charge >= 0.3 is 0 Å². The molecule has 2 heterocycles. The molecule has 0 saturated heterocycles. The largest absolute Gasteiger partial charge is 0.446 e. The summed E-state index contributed by atoms with van der Waals surface area (Å²) in [6.45, 7) is 7.87. The van der Waals surface area contributed by atoms with Crippen LogP contribution in [0.1, 0.15) is 33.0 Å². The minimum Gasteiger partial charge on any atom is -0.446 e. The number of aryl methyl sites for hydroxylation is 1. The van der Waals surface area contributed by atoms with Gasteiger partial charge < -0.3 is 9.15 Å². The van der Waals surface area contributed by atoms with Crippen molar-refractivity contribution in [2.45, 2.75) is 39.7 Å². The Morgan fingerprint density at radius 3 is 2.83 bits per heavy atom. The van der Waals surface area contributed by atoms with Crippen LogP contribution >= 0.6 is 0 Å². The van der Waals surface area contributed by atoms with E-state index in [1.807, 2.05) is 24.3 Å². The number of nitrogens with zero attached hydrogens (tertiary/aromatic N) is 2. The molecule has 0 radical (unpaired) electrons. The summed E-state index contributed by atoms with van der Waals surface area (Å²) >= 11 is 0. The highest BCUT2D eigenvalue weighted by Crippen LogP contribution is 2.29. The standard InChI is InChI=1S/C18H23N3O2/c1-4-15-20-16-13-8-5-6-9-14(13)23-17(16)18(21-15)19-10-7-11-22-12(2)3/h5-6,8-9,12H,4,7,10-11H2,1-3H3,(H,19,20,21)/p+1. The van der Waals surface area contributed by atoms with Crippen molar-refractivity contribution in [3.05, 3.63) is 30.1 Å². The normalized spacial score (nSPS) is 11.8. The van der Waals surface area contributed by atoms with Crippen molar-refractivity contribution >= 4 is 27.9 Å². The zero-order chi connectivity index (χ0) is 16.2.